The Kier molecular flexibility index (Phi) is 7.72. The summed E-state index contributed by atoms with van der Waals surface area (Å²) in [6.07, 6.45) is 0. The lowest BCUT2D eigenvalue weighted by atomic mass is 10.1. The molecule has 1 atom stereocenters. The van der Waals surface area contributed by atoms with Crippen LogP contribution < -0.4 is 14.8 Å². The number of anilines is 1. The second kappa shape index (κ2) is 10.0. The van der Waals surface area contributed by atoms with Gasteiger partial charge in [0.1, 0.15) is 5.75 Å². The van der Waals surface area contributed by atoms with Gasteiger partial charge in [0.15, 0.2) is 0 Å². The third kappa shape index (κ3) is 6.03. The van der Waals surface area contributed by atoms with E-state index in [2.05, 4.69) is 19.5 Å². The van der Waals surface area contributed by atoms with E-state index >= 15 is 0 Å². The Balaban J connectivity index is 2.21. The third-order valence-corrected chi connectivity index (χ3v) is 5.69. The first-order valence-corrected chi connectivity index (χ1v) is 10.4. The Hall–Kier alpha value is -3.44. The Morgan fingerprint density at radius 3 is 1.84 bits per heavy atom. The maximum Gasteiger partial charge on any atom is 0.337 e. The number of carbonyl (C=O) groups is 3. The van der Waals surface area contributed by atoms with E-state index in [0.29, 0.717) is 5.75 Å². The van der Waals surface area contributed by atoms with Gasteiger partial charge >= 0.3 is 11.9 Å². The van der Waals surface area contributed by atoms with E-state index in [9.17, 15) is 22.8 Å². The number of sulfonamides is 1. The van der Waals surface area contributed by atoms with Gasteiger partial charge in [-0.3, -0.25) is 4.79 Å². The number of hydrogen-bond donors (Lipinski definition) is 2. The highest BCUT2D eigenvalue weighted by Gasteiger charge is 2.23. The average Bonchev–Trinajstić information content (AvgIpc) is 2.77. The predicted molar refractivity (Wildman–Crippen MR) is 111 cm³/mol. The van der Waals surface area contributed by atoms with Gasteiger partial charge in [-0.25, -0.2) is 18.0 Å². The number of amides is 1. The first-order chi connectivity index (χ1) is 14.6. The van der Waals surface area contributed by atoms with Gasteiger partial charge in [0.2, 0.25) is 15.9 Å². The summed E-state index contributed by atoms with van der Waals surface area (Å²) in [5, 5.41) is 2.47. The molecule has 2 aromatic carbocycles. The summed E-state index contributed by atoms with van der Waals surface area (Å²) in [5.41, 5.74) is 0.100. The third-order valence-electron chi connectivity index (χ3n) is 4.14. The summed E-state index contributed by atoms with van der Waals surface area (Å²) in [6.45, 7) is 1.35. The summed E-state index contributed by atoms with van der Waals surface area (Å²) >= 11 is 0. The normalized spacial score (nSPS) is 11.9. The van der Waals surface area contributed by atoms with Crippen LogP contribution in [-0.4, -0.2) is 53.6 Å². The fraction of sp³-hybridized carbons (Fsp3) is 0.250. The van der Waals surface area contributed by atoms with Crippen LogP contribution in [0.15, 0.2) is 47.4 Å². The van der Waals surface area contributed by atoms with Gasteiger partial charge in [0.05, 0.1) is 43.4 Å². The molecule has 11 heteroatoms. The van der Waals surface area contributed by atoms with Gasteiger partial charge in [0.25, 0.3) is 0 Å². The van der Waals surface area contributed by atoms with Crippen molar-refractivity contribution in [1.29, 1.82) is 0 Å². The molecule has 0 spiro atoms. The molecule has 0 aliphatic heterocycles. The monoisotopic (exact) mass is 450 g/mol. The fourth-order valence-corrected chi connectivity index (χ4v) is 3.73. The number of methoxy groups -OCH3 is 3. The zero-order valence-electron chi connectivity index (χ0n) is 17.3. The van der Waals surface area contributed by atoms with Crippen LogP contribution in [0.2, 0.25) is 0 Å². The topological polar surface area (TPSA) is 137 Å². The Morgan fingerprint density at radius 1 is 0.871 bits per heavy atom. The average molecular weight is 450 g/mol. The molecule has 166 valence electrons. The van der Waals surface area contributed by atoms with E-state index in [1.165, 1.54) is 70.7 Å². The maximum absolute atomic E-state index is 12.5. The van der Waals surface area contributed by atoms with E-state index < -0.39 is 33.9 Å². The molecule has 0 bridgehead atoms. The van der Waals surface area contributed by atoms with Gasteiger partial charge in [-0.05, 0) is 49.4 Å². The van der Waals surface area contributed by atoms with Crippen LogP contribution in [-0.2, 0) is 24.3 Å². The largest absolute Gasteiger partial charge is 0.497 e. The molecule has 0 saturated carbocycles. The molecule has 2 aromatic rings. The molecule has 2 rings (SSSR count). The number of nitrogens with one attached hydrogen (secondary N) is 2. The van der Waals surface area contributed by atoms with Crippen molar-refractivity contribution in [3.63, 3.8) is 0 Å². The Morgan fingerprint density at radius 2 is 1.39 bits per heavy atom. The van der Waals surface area contributed by atoms with Crippen molar-refractivity contribution in [3.8, 4) is 5.75 Å². The molecule has 0 heterocycles. The molecule has 0 saturated heterocycles. The molecule has 0 fully saturated rings. The highest BCUT2D eigenvalue weighted by atomic mass is 32.2. The molecule has 0 aliphatic carbocycles. The van der Waals surface area contributed by atoms with Gasteiger partial charge < -0.3 is 19.5 Å². The lowest BCUT2D eigenvalue weighted by Crippen LogP contribution is -2.41. The lowest BCUT2D eigenvalue weighted by molar-refractivity contribution is -0.117. The van der Waals surface area contributed by atoms with Gasteiger partial charge in [0, 0.05) is 5.69 Å². The summed E-state index contributed by atoms with van der Waals surface area (Å²) in [7, 11) is -0.198. The number of benzene rings is 2. The van der Waals surface area contributed by atoms with Crippen molar-refractivity contribution >= 4 is 33.6 Å². The number of carbonyl (C=O) groups excluding carboxylic acids is 3. The van der Waals surface area contributed by atoms with Crippen molar-refractivity contribution < 1.29 is 37.0 Å². The summed E-state index contributed by atoms with van der Waals surface area (Å²) < 4.78 is 41.6. The van der Waals surface area contributed by atoms with Crippen LogP contribution in [0.25, 0.3) is 0 Å². The number of hydrogen-bond acceptors (Lipinski definition) is 8. The van der Waals surface area contributed by atoms with Gasteiger partial charge in [-0.1, -0.05) is 0 Å². The van der Waals surface area contributed by atoms with E-state index in [4.69, 9.17) is 4.74 Å². The number of esters is 2. The molecule has 10 nitrogen and oxygen atoms in total. The Bertz CT molecular complexity index is 1050. The minimum Gasteiger partial charge on any atom is -0.497 e. The van der Waals surface area contributed by atoms with Crippen LogP contribution in [0.3, 0.4) is 0 Å². The zero-order valence-corrected chi connectivity index (χ0v) is 18.1. The van der Waals surface area contributed by atoms with Crippen LogP contribution in [0.5, 0.6) is 5.75 Å². The summed E-state index contributed by atoms with van der Waals surface area (Å²) in [4.78, 5) is 36.2. The summed E-state index contributed by atoms with van der Waals surface area (Å²) in [6, 6.07) is 8.31. The molecule has 0 aromatic heterocycles. The van der Waals surface area contributed by atoms with E-state index in [1.54, 1.807) is 0 Å². The van der Waals surface area contributed by atoms with Crippen LogP contribution in [0.1, 0.15) is 27.6 Å². The minimum atomic E-state index is -3.99. The predicted octanol–water partition coefficient (Wildman–Crippen LogP) is 1.57. The molecular weight excluding hydrogens is 428 g/mol. The molecule has 0 radical (unpaired) electrons. The van der Waals surface area contributed by atoms with E-state index in [0.717, 1.165) is 0 Å². The maximum atomic E-state index is 12.5. The van der Waals surface area contributed by atoms with Crippen molar-refractivity contribution in [2.24, 2.45) is 0 Å². The first-order valence-electron chi connectivity index (χ1n) is 8.90. The quantitative estimate of drug-likeness (QED) is 0.578. The smallest absolute Gasteiger partial charge is 0.337 e. The highest BCUT2D eigenvalue weighted by molar-refractivity contribution is 7.89. The second-order valence-corrected chi connectivity index (χ2v) is 8.00. The molecule has 0 aliphatic rings. The molecule has 0 unspecified atom stereocenters. The summed E-state index contributed by atoms with van der Waals surface area (Å²) in [5.74, 6) is -1.68. The Labute approximate surface area is 179 Å². The van der Waals surface area contributed by atoms with E-state index in [-0.39, 0.29) is 21.7 Å². The lowest BCUT2D eigenvalue weighted by Gasteiger charge is -2.15. The van der Waals surface area contributed by atoms with Crippen molar-refractivity contribution in [2.75, 3.05) is 26.6 Å². The van der Waals surface area contributed by atoms with Crippen molar-refractivity contribution in [3.05, 3.63) is 53.6 Å². The zero-order chi connectivity index (χ0) is 23.2. The second-order valence-electron chi connectivity index (χ2n) is 6.29. The van der Waals surface area contributed by atoms with Crippen LogP contribution in [0, 0.1) is 0 Å². The molecule has 1 amide bonds. The minimum absolute atomic E-state index is 0.00664. The van der Waals surface area contributed by atoms with E-state index in [1.807, 2.05) is 0 Å². The molecular formula is C20H22N2O8S. The van der Waals surface area contributed by atoms with Gasteiger partial charge in [-0.15, -0.1) is 0 Å². The van der Waals surface area contributed by atoms with Crippen LogP contribution in [0.4, 0.5) is 5.69 Å². The van der Waals surface area contributed by atoms with Crippen molar-refractivity contribution in [2.45, 2.75) is 17.9 Å². The first kappa shape index (κ1) is 23.8. The number of rotatable bonds is 8. The molecule has 31 heavy (non-hydrogen) atoms. The highest BCUT2D eigenvalue weighted by Crippen LogP contribution is 2.18. The standard InChI is InChI=1S/C20H22N2O8S/c1-12(22-31(26,27)17-7-5-16(28-2)6-8-17)18(23)21-15-10-13(19(24)29-3)9-14(11-15)20(25)30-4/h5-12,22H,1-4H3,(H,21,23)/t12-/m1/s1. The fourth-order valence-electron chi connectivity index (χ4n) is 2.53. The molecule has 2 N–H and O–H groups in total. The number of ether oxygens (including phenoxy) is 3. The van der Waals surface area contributed by atoms with Crippen molar-refractivity contribution in [1.82, 2.24) is 4.72 Å². The van der Waals surface area contributed by atoms with Gasteiger partial charge in [-0.2, -0.15) is 4.72 Å². The van der Waals surface area contributed by atoms with Crippen LogP contribution >= 0.6 is 0 Å². The SMILES string of the molecule is COC(=O)c1cc(NC(=O)[C@@H](C)NS(=O)(=O)c2ccc(OC)cc2)cc(C(=O)OC)c1.